The molecule has 2 N–H and O–H groups in total. The normalized spacial score (nSPS) is 26.4. The average molecular weight is 240 g/mol. The molecule has 1 aliphatic heterocycles. The number of nitrogens with two attached hydrogens (primary N) is 1. The second-order valence-corrected chi connectivity index (χ2v) is 5.97. The van der Waals surface area contributed by atoms with Crippen LogP contribution in [0.4, 0.5) is 5.69 Å². The fourth-order valence-corrected chi connectivity index (χ4v) is 3.58. The topological polar surface area (TPSA) is 55.5 Å². The molecule has 4 rings (SSSR count). The maximum atomic E-state index is 11.5. The summed E-state index contributed by atoms with van der Waals surface area (Å²) in [5.74, 6) is 0.0894. The minimum Gasteiger partial charge on any atom is -0.366 e. The third-order valence-corrected chi connectivity index (χ3v) is 4.87. The summed E-state index contributed by atoms with van der Waals surface area (Å²) in [7, 11) is 0. The molecule has 0 radical (unpaired) electrons. The third-order valence-electron chi connectivity index (χ3n) is 4.87. The molecule has 3 aliphatic rings. The Morgan fingerprint density at radius 2 is 2.17 bits per heavy atom. The van der Waals surface area contributed by atoms with Crippen LogP contribution in [0.1, 0.15) is 53.9 Å². The van der Waals surface area contributed by atoms with E-state index in [0.717, 1.165) is 12.1 Å². The number of aliphatic imine (C=N–C) groups is 1. The van der Waals surface area contributed by atoms with Crippen LogP contribution in [0.25, 0.3) is 0 Å². The zero-order chi connectivity index (χ0) is 12.3. The van der Waals surface area contributed by atoms with Crippen LogP contribution < -0.4 is 5.73 Å². The summed E-state index contributed by atoms with van der Waals surface area (Å²) >= 11 is 0. The number of fused-ring (bicyclic) bond motifs is 3. The van der Waals surface area contributed by atoms with Gasteiger partial charge in [-0.1, -0.05) is 12.1 Å². The van der Waals surface area contributed by atoms with Gasteiger partial charge in [0.05, 0.1) is 11.3 Å². The van der Waals surface area contributed by atoms with Gasteiger partial charge < -0.3 is 5.73 Å². The number of para-hydroxylation sites is 1. The molecule has 1 aromatic carbocycles. The van der Waals surface area contributed by atoms with Gasteiger partial charge in [-0.2, -0.15) is 0 Å². The summed E-state index contributed by atoms with van der Waals surface area (Å²) < 4.78 is 0. The first-order valence-electron chi connectivity index (χ1n) is 6.69. The van der Waals surface area contributed by atoms with Crippen molar-refractivity contribution in [2.45, 2.75) is 38.0 Å². The predicted molar refractivity (Wildman–Crippen MR) is 70.3 cm³/mol. The lowest BCUT2D eigenvalue weighted by Crippen LogP contribution is -2.21. The number of hydrogen-bond donors (Lipinski definition) is 1. The van der Waals surface area contributed by atoms with E-state index in [2.05, 4.69) is 6.07 Å². The molecule has 1 unspecified atom stereocenters. The van der Waals surface area contributed by atoms with E-state index in [1.165, 1.54) is 37.0 Å². The minimum absolute atomic E-state index is 0.365. The van der Waals surface area contributed by atoms with Gasteiger partial charge in [0.2, 0.25) is 0 Å². The Bertz CT molecular complexity index is 584. The van der Waals surface area contributed by atoms with Crippen LogP contribution in [0.3, 0.4) is 0 Å². The van der Waals surface area contributed by atoms with Crippen LogP contribution in [0.5, 0.6) is 0 Å². The van der Waals surface area contributed by atoms with Gasteiger partial charge in [-0.3, -0.25) is 9.79 Å². The van der Waals surface area contributed by atoms with Crippen molar-refractivity contribution in [3.8, 4) is 0 Å². The Kier molecular flexibility index (Phi) is 1.84. The van der Waals surface area contributed by atoms with E-state index >= 15 is 0 Å². The molecule has 1 atom stereocenters. The van der Waals surface area contributed by atoms with Crippen molar-refractivity contribution < 1.29 is 4.79 Å². The summed E-state index contributed by atoms with van der Waals surface area (Å²) in [6, 6.07) is 5.84. The number of primary amides is 1. The van der Waals surface area contributed by atoms with Crippen molar-refractivity contribution in [2.75, 3.05) is 0 Å². The number of rotatable bonds is 1. The van der Waals surface area contributed by atoms with Gasteiger partial charge in [-0.25, -0.2) is 0 Å². The molecular formula is C15H16N2O. The Morgan fingerprint density at radius 1 is 1.33 bits per heavy atom. The second kappa shape index (κ2) is 3.22. The van der Waals surface area contributed by atoms with Crippen molar-refractivity contribution in [1.82, 2.24) is 0 Å². The molecule has 2 aliphatic carbocycles. The van der Waals surface area contributed by atoms with E-state index in [4.69, 9.17) is 10.7 Å². The Hall–Kier alpha value is -1.64. The summed E-state index contributed by atoms with van der Waals surface area (Å²) in [4.78, 5) is 16.2. The van der Waals surface area contributed by atoms with Gasteiger partial charge in [-0.05, 0) is 49.1 Å². The number of benzene rings is 1. The van der Waals surface area contributed by atoms with Crippen molar-refractivity contribution >= 4 is 17.3 Å². The maximum absolute atomic E-state index is 11.5. The van der Waals surface area contributed by atoms with Crippen molar-refractivity contribution in [1.29, 1.82) is 0 Å². The Balaban J connectivity index is 1.82. The molecule has 1 aromatic rings. The molecule has 1 heterocycles. The summed E-state index contributed by atoms with van der Waals surface area (Å²) in [5.41, 5.74) is 9.97. The fraction of sp³-hybridized carbons (Fsp3) is 0.467. The highest BCUT2D eigenvalue weighted by atomic mass is 16.1. The van der Waals surface area contributed by atoms with Gasteiger partial charge in [0.15, 0.2) is 0 Å². The first-order valence-corrected chi connectivity index (χ1v) is 6.69. The molecule has 2 fully saturated rings. The molecule has 92 valence electrons. The van der Waals surface area contributed by atoms with E-state index in [0.29, 0.717) is 16.9 Å². The lowest BCUT2D eigenvalue weighted by atomic mass is 9.75. The number of hydrogen-bond acceptors (Lipinski definition) is 2. The van der Waals surface area contributed by atoms with Crippen molar-refractivity contribution in [3.63, 3.8) is 0 Å². The SMILES string of the molecule is NC(=O)c1cccc2c1N=C1CCC3(CC3)CC12. The largest absolute Gasteiger partial charge is 0.366 e. The summed E-state index contributed by atoms with van der Waals surface area (Å²) in [6.07, 6.45) is 6.35. The quantitative estimate of drug-likeness (QED) is 0.806. The Labute approximate surface area is 106 Å². The van der Waals surface area contributed by atoms with E-state index in [-0.39, 0.29) is 5.91 Å². The standard InChI is InChI=1S/C15H16N2O/c16-14(18)10-3-1-2-9-11-8-15(6-7-15)5-4-12(11)17-13(9)10/h1-3,11H,4-8H2,(H2,16,18). The number of carbonyl (C=O) groups excluding carboxylic acids is 1. The van der Waals surface area contributed by atoms with Gasteiger partial charge >= 0.3 is 0 Å². The van der Waals surface area contributed by atoms with E-state index < -0.39 is 0 Å². The zero-order valence-corrected chi connectivity index (χ0v) is 10.3. The van der Waals surface area contributed by atoms with Crippen LogP contribution >= 0.6 is 0 Å². The van der Waals surface area contributed by atoms with Gasteiger partial charge in [-0.15, -0.1) is 0 Å². The van der Waals surface area contributed by atoms with E-state index in [1.807, 2.05) is 6.07 Å². The summed E-state index contributed by atoms with van der Waals surface area (Å²) in [5, 5.41) is 0. The molecule has 1 amide bonds. The first-order chi connectivity index (χ1) is 8.69. The van der Waals surface area contributed by atoms with Gasteiger partial charge in [0.25, 0.3) is 5.91 Å². The molecule has 3 nitrogen and oxygen atoms in total. The maximum Gasteiger partial charge on any atom is 0.250 e. The molecule has 1 spiro atoms. The lowest BCUT2D eigenvalue weighted by Gasteiger charge is -2.27. The number of carbonyl (C=O) groups is 1. The van der Waals surface area contributed by atoms with Crippen LogP contribution in [0.15, 0.2) is 23.2 Å². The lowest BCUT2D eigenvalue weighted by molar-refractivity contribution is 0.100. The smallest absolute Gasteiger partial charge is 0.250 e. The minimum atomic E-state index is -0.365. The van der Waals surface area contributed by atoms with E-state index in [9.17, 15) is 4.79 Å². The Morgan fingerprint density at radius 3 is 2.89 bits per heavy atom. The van der Waals surface area contributed by atoms with Crippen LogP contribution in [0.2, 0.25) is 0 Å². The molecule has 2 saturated carbocycles. The highest BCUT2D eigenvalue weighted by Crippen LogP contribution is 2.61. The fourth-order valence-electron chi connectivity index (χ4n) is 3.58. The zero-order valence-electron chi connectivity index (χ0n) is 10.3. The molecule has 0 aromatic heterocycles. The molecular weight excluding hydrogens is 224 g/mol. The molecule has 0 bridgehead atoms. The van der Waals surface area contributed by atoms with Gasteiger partial charge in [0, 0.05) is 11.6 Å². The second-order valence-electron chi connectivity index (χ2n) is 5.97. The highest BCUT2D eigenvalue weighted by molar-refractivity contribution is 6.06. The molecule has 3 heteroatoms. The van der Waals surface area contributed by atoms with Crippen LogP contribution in [-0.4, -0.2) is 11.6 Å². The summed E-state index contributed by atoms with van der Waals surface area (Å²) in [6.45, 7) is 0. The monoisotopic (exact) mass is 240 g/mol. The predicted octanol–water partition coefficient (Wildman–Crippen LogP) is 2.92. The van der Waals surface area contributed by atoms with E-state index in [1.54, 1.807) is 6.07 Å². The van der Waals surface area contributed by atoms with Crippen LogP contribution in [-0.2, 0) is 0 Å². The van der Waals surface area contributed by atoms with Gasteiger partial charge in [0.1, 0.15) is 0 Å². The number of nitrogens with zero attached hydrogens (tertiary/aromatic N) is 1. The van der Waals surface area contributed by atoms with Crippen molar-refractivity contribution in [2.24, 2.45) is 16.1 Å². The third kappa shape index (κ3) is 1.30. The van der Waals surface area contributed by atoms with Crippen molar-refractivity contribution in [3.05, 3.63) is 29.3 Å². The average Bonchev–Trinajstić information content (AvgIpc) is 3.00. The van der Waals surface area contributed by atoms with Crippen LogP contribution in [0, 0.1) is 5.41 Å². The number of amides is 1. The molecule has 0 saturated heterocycles. The molecule has 18 heavy (non-hydrogen) atoms. The highest BCUT2D eigenvalue weighted by Gasteiger charge is 2.49. The first kappa shape index (κ1) is 10.3.